The highest BCUT2D eigenvalue weighted by Gasteiger charge is 2.16. The van der Waals surface area contributed by atoms with Gasteiger partial charge in [0.1, 0.15) is 0 Å². The molecule has 0 radical (unpaired) electrons. The first-order valence-electron chi connectivity index (χ1n) is 7.52. The van der Waals surface area contributed by atoms with Crippen molar-refractivity contribution in [3.8, 4) is 0 Å². The van der Waals surface area contributed by atoms with Gasteiger partial charge in [-0.3, -0.25) is 9.78 Å². The second-order valence-electron chi connectivity index (χ2n) is 5.45. The van der Waals surface area contributed by atoms with Crippen molar-refractivity contribution >= 4 is 17.2 Å². The summed E-state index contributed by atoms with van der Waals surface area (Å²) in [5, 5.41) is 5.02. The molecule has 0 saturated carbocycles. The van der Waals surface area contributed by atoms with Gasteiger partial charge >= 0.3 is 0 Å². The van der Waals surface area contributed by atoms with Crippen molar-refractivity contribution in [3.05, 3.63) is 75.5 Å². The van der Waals surface area contributed by atoms with Crippen LogP contribution in [0.3, 0.4) is 0 Å². The van der Waals surface area contributed by atoms with Gasteiger partial charge in [0.25, 0.3) is 5.91 Å². The molecule has 3 aromatic heterocycles. The van der Waals surface area contributed by atoms with Crippen molar-refractivity contribution in [2.75, 3.05) is 0 Å². The largest absolute Gasteiger partial charge is 0.346 e. The number of carbonyl (C=O) groups excluding carboxylic acids is 1. The zero-order valence-electron chi connectivity index (χ0n) is 13.2. The molecule has 3 rings (SSSR count). The molecule has 0 saturated heterocycles. The maximum absolute atomic E-state index is 12.5. The van der Waals surface area contributed by atoms with Gasteiger partial charge in [-0.1, -0.05) is 12.1 Å². The fourth-order valence-electron chi connectivity index (χ4n) is 2.60. The molecule has 0 spiro atoms. The Kier molecular flexibility index (Phi) is 4.57. The third-order valence-corrected chi connectivity index (χ3v) is 4.73. The Balaban J connectivity index is 1.73. The van der Waals surface area contributed by atoms with Crippen LogP contribution in [-0.2, 0) is 13.1 Å². The molecular weight excluding hydrogens is 306 g/mol. The van der Waals surface area contributed by atoms with Gasteiger partial charge in [-0.05, 0) is 43.5 Å². The van der Waals surface area contributed by atoms with Gasteiger partial charge in [0.15, 0.2) is 0 Å². The first kappa shape index (κ1) is 15.5. The smallest absolute Gasteiger partial charge is 0.253 e. The number of pyridine rings is 1. The van der Waals surface area contributed by atoms with Crippen LogP contribution >= 0.6 is 11.3 Å². The highest BCUT2D eigenvalue weighted by molar-refractivity contribution is 7.09. The predicted molar refractivity (Wildman–Crippen MR) is 92.7 cm³/mol. The summed E-state index contributed by atoms with van der Waals surface area (Å²) in [6.45, 7) is 5.28. The second-order valence-corrected chi connectivity index (χ2v) is 6.49. The lowest BCUT2D eigenvalue weighted by Crippen LogP contribution is -2.23. The monoisotopic (exact) mass is 325 g/mol. The van der Waals surface area contributed by atoms with E-state index in [9.17, 15) is 4.79 Å². The lowest BCUT2D eigenvalue weighted by atomic mass is 10.2. The van der Waals surface area contributed by atoms with Crippen LogP contribution in [0.1, 0.15) is 32.3 Å². The molecule has 118 valence electrons. The second kappa shape index (κ2) is 6.79. The standard InChI is InChI=1S/C18H19N3OS/c1-13-10-17(14(2)21(13)12-16-7-5-9-23-16)18(22)20-11-15-6-3-4-8-19-15/h3-10H,11-12H2,1-2H3,(H,20,22). The van der Waals surface area contributed by atoms with Crippen molar-refractivity contribution in [2.45, 2.75) is 26.9 Å². The number of nitrogens with zero attached hydrogens (tertiary/aromatic N) is 2. The summed E-state index contributed by atoms with van der Waals surface area (Å²) in [4.78, 5) is 18.0. The fourth-order valence-corrected chi connectivity index (χ4v) is 3.29. The Hall–Kier alpha value is -2.40. The summed E-state index contributed by atoms with van der Waals surface area (Å²) in [5.74, 6) is -0.0545. The van der Waals surface area contributed by atoms with Crippen molar-refractivity contribution in [3.63, 3.8) is 0 Å². The molecule has 0 aliphatic carbocycles. The molecule has 0 aromatic carbocycles. The average molecular weight is 325 g/mol. The molecule has 0 aliphatic heterocycles. The van der Waals surface area contributed by atoms with Crippen molar-refractivity contribution < 1.29 is 4.79 Å². The molecule has 3 aromatic rings. The summed E-state index contributed by atoms with van der Waals surface area (Å²) in [7, 11) is 0. The lowest BCUT2D eigenvalue weighted by molar-refractivity contribution is 0.0949. The molecule has 4 nitrogen and oxygen atoms in total. The van der Waals surface area contributed by atoms with E-state index < -0.39 is 0 Å². The number of hydrogen-bond acceptors (Lipinski definition) is 3. The highest BCUT2D eigenvalue weighted by atomic mass is 32.1. The van der Waals surface area contributed by atoms with Crippen LogP contribution in [0.25, 0.3) is 0 Å². The van der Waals surface area contributed by atoms with E-state index >= 15 is 0 Å². The summed E-state index contributed by atoms with van der Waals surface area (Å²) in [5.41, 5.74) is 3.68. The van der Waals surface area contributed by atoms with Crippen LogP contribution in [0.4, 0.5) is 0 Å². The summed E-state index contributed by atoms with van der Waals surface area (Å²) in [6.07, 6.45) is 1.73. The molecule has 1 amide bonds. The zero-order chi connectivity index (χ0) is 16.2. The molecule has 0 atom stereocenters. The van der Waals surface area contributed by atoms with Crippen LogP contribution in [0.2, 0.25) is 0 Å². The van der Waals surface area contributed by atoms with Gasteiger partial charge in [0.2, 0.25) is 0 Å². The average Bonchev–Trinajstić information content (AvgIpc) is 3.17. The van der Waals surface area contributed by atoms with Gasteiger partial charge in [-0.25, -0.2) is 0 Å². The molecule has 3 heterocycles. The van der Waals surface area contributed by atoms with E-state index in [1.807, 2.05) is 38.1 Å². The Morgan fingerprint density at radius 2 is 2.13 bits per heavy atom. The number of amides is 1. The number of aryl methyl sites for hydroxylation is 1. The minimum Gasteiger partial charge on any atom is -0.346 e. The van der Waals surface area contributed by atoms with Gasteiger partial charge in [-0.15, -0.1) is 11.3 Å². The molecule has 23 heavy (non-hydrogen) atoms. The third kappa shape index (κ3) is 3.51. The predicted octanol–water partition coefficient (Wildman–Crippen LogP) is 3.54. The number of hydrogen-bond donors (Lipinski definition) is 1. The molecule has 5 heteroatoms. The normalized spacial score (nSPS) is 10.7. The van der Waals surface area contributed by atoms with Crippen LogP contribution < -0.4 is 5.32 Å². The van der Waals surface area contributed by atoms with E-state index in [0.29, 0.717) is 6.54 Å². The number of carbonyl (C=O) groups is 1. The van der Waals surface area contributed by atoms with E-state index in [1.165, 1.54) is 4.88 Å². The Bertz CT molecular complexity index is 791. The van der Waals surface area contributed by atoms with Crippen LogP contribution in [0.15, 0.2) is 48.0 Å². The Morgan fingerprint density at radius 1 is 1.26 bits per heavy atom. The van der Waals surface area contributed by atoms with E-state index in [0.717, 1.165) is 29.2 Å². The minimum absolute atomic E-state index is 0.0545. The summed E-state index contributed by atoms with van der Waals surface area (Å²) >= 11 is 1.73. The van der Waals surface area contributed by atoms with Gasteiger partial charge in [0, 0.05) is 22.5 Å². The lowest BCUT2D eigenvalue weighted by Gasteiger charge is -2.09. The molecule has 0 unspecified atom stereocenters. The maximum Gasteiger partial charge on any atom is 0.253 e. The third-order valence-electron chi connectivity index (χ3n) is 3.87. The fraction of sp³-hybridized carbons (Fsp3) is 0.222. The van der Waals surface area contributed by atoms with Crippen molar-refractivity contribution in [1.82, 2.24) is 14.9 Å². The molecule has 1 N–H and O–H groups in total. The topological polar surface area (TPSA) is 46.9 Å². The quantitative estimate of drug-likeness (QED) is 0.780. The SMILES string of the molecule is Cc1cc(C(=O)NCc2ccccn2)c(C)n1Cc1cccs1. The molecule has 0 fully saturated rings. The van der Waals surface area contributed by atoms with E-state index in [2.05, 4.69) is 32.4 Å². The number of nitrogens with one attached hydrogen (secondary N) is 1. The number of thiophene rings is 1. The van der Waals surface area contributed by atoms with Crippen LogP contribution in [0, 0.1) is 13.8 Å². The first-order chi connectivity index (χ1) is 11.1. The van der Waals surface area contributed by atoms with Gasteiger partial charge < -0.3 is 9.88 Å². The summed E-state index contributed by atoms with van der Waals surface area (Å²) in [6, 6.07) is 11.8. The van der Waals surface area contributed by atoms with E-state index in [-0.39, 0.29) is 5.91 Å². The summed E-state index contributed by atoms with van der Waals surface area (Å²) < 4.78 is 2.18. The van der Waals surface area contributed by atoms with Gasteiger partial charge in [0.05, 0.1) is 24.3 Å². The molecule has 0 bridgehead atoms. The van der Waals surface area contributed by atoms with E-state index in [4.69, 9.17) is 0 Å². The van der Waals surface area contributed by atoms with E-state index in [1.54, 1.807) is 17.5 Å². The maximum atomic E-state index is 12.5. The number of rotatable bonds is 5. The Morgan fingerprint density at radius 3 is 2.83 bits per heavy atom. The van der Waals surface area contributed by atoms with Crippen LogP contribution in [0.5, 0.6) is 0 Å². The Labute approximate surface area is 139 Å². The minimum atomic E-state index is -0.0545. The zero-order valence-corrected chi connectivity index (χ0v) is 14.1. The number of aromatic nitrogens is 2. The van der Waals surface area contributed by atoms with Crippen molar-refractivity contribution in [1.29, 1.82) is 0 Å². The molecular formula is C18H19N3OS. The van der Waals surface area contributed by atoms with Crippen LogP contribution in [-0.4, -0.2) is 15.5 Å². The van der Waals surface area contributed by atoms with Gasteiger partial charge in [-0.2, -0.15) is 0 Å². The first-order valence-corrected chi connectivity index (χ1v) is 8.40. The highest BCUT2D eigenvalue weighted by Crippen LogP contribution is 2.19. The molecule has 0 aliphatic rings. The van der Waals surface area contributed by atoms with Crippen molar-refractivity contribution in [2.24, 2.45) is 0 Å².